The van der Waals surface area contributed by atoms with Crippen LogP contribution in [0.1, 0.15) is 30.6 Å². The lowest BCUT2D eigenvalue weighted by Gasteiger charge is -2.18. The molecule has 0 aliphatic carbocycles. The molecule has 1 unspecified atom stereocenters. The number of aliphatic hydroxyl groups is 1. The molecule has 0 fully saturated rings. The Kier molecular flexibility index (Phi) is 4.80. The van der Waals surface area contributed by atoms with Gasteiger partial charge in [-0.1, -0.05) is 13.8 Å². The largest absolute Gasteiger partial charge is 0.482 e. The molecule has 2 amide bonds. The molecule has 1 aliphatic rings. The van der Waals surface area contributed by atoms with Crippen LogP contribution >= 0.6 is 0 Å². The van der Waals surface area contributed by atoms with E-state index in [0.717, 1.165) is 0 Å². The zero-order valence-corrected chi connectivity index (χ0v) is 12.2. The fourth-order valence-electron chi connectivity index (χ4n) is 2.16. The minimum absolute atomic E-state index is 0.0140. The molecule has 0 spiro atoms. The summed E-state index contributed by atoms with van der Waals surface area (Å²) in [4.78, 5) is 23.3. The molecular formula is C15H20N2O4. The van der Waals surface area contributed by atoms with Crippen LogP contribution in [0.5, 0.6) is 5.75 Å². The standard InChI is InChI=1S/C15H20N2O4/c1-9(2)5-11(18)7-16-15(20)10-3-4-13-12(6-10)17-14(19)8-21-13/h3-4,6,9,11,18H,5,7-8H2,1-2H3,(H,16,20)(H,17,19). The summed E-state index contributed by atoms with van der Waals surface area (Å²) >= 11 is 0. The Bertz CT molecular complexity index is 542. The van der Waals surface area contributed by atoms with Crippen LogP contribution in [0.4, 0.5) is 5.69 Å². The van der Waals surface area contributed by atoms with Crippen LogP contribution in [0.2, 0.25) is 0 Å². The number of hydrogen-bond donors (Lipinski definition) is 3. The van der Waals surface area contributed by atoms with Gasteiger partial charge in [-0.25, -0.2) is 0 Å². The van der Waals surface area contributed by atoms with Crippen LogP contribution in [0.3, 0.4) is 0 Å². The van der Waals surface area contributed by atoms with Gasteiger partial charge < -0.3 is 20.5 Å². The highest BCUT2D eigenvalue weighted by atomic mass is 16.5. The van der Waals surface area contributed by atoms with E-state index >= 15 is 0 Å². The fourth-order valence-corrected chi connectivity index (χ4v) is 2.16. The third-order valence-corrected chi connectivity index (χ3v) is 3.12. The summed E-state index contributed by atoms with van der Waals surface area (Å²) in [5.41, 5.74) is 0.901. The van der Waals surface area contributed by atoms with Gasteiger partial charge in [0.25, 0.3) is 11.8 Å². The number of carbonyl (C=O) groups is 2. The molecule has 1 heterocycles. The molecule has 1 atom stereocenters. The number of fused-ring (bicyclic) bond motifs is 1. The average Bonchev–Trinajstić information content (AvgIpc) is 2.43. The number of amides is 2. The van der Waals surface area contributed by atoms with Crippen LogP contribution in [0.15, 0.2) is 18.2 Å². The number of ether oxygens (including phenoxy) is 1. The molecule has 0 saturated carbocycles. The normalized spacial score (nSPS) is 15.0. The highest BCUT2D eigenvalue weighted by molar-refractivity contribution is 5.99. The number of rotatable bonds is 5. The van der Waals surface area contributed by atoms with Crippen molar-refractivity contribution in [1.82, 2.24) is 5.32 Å². The van der Waals surface area contributed by atoms with Crippen LogP contribution < -0.4 is 15.4 Å². The smallest absolute Gasteiger partial charge is 0.262 e. The molecular weight excluding hydrogens is 272 g/mol. The topological polar surface area (TPSA) is 87.7 Å². The second kappa shape index (κ2) is 6.58. The van der Waals surface area contributed by atoms with E-state index < -0.39 is 6.10 Å². The van der Waals surface area contributed by atoms with Crippen molar-refractivity contribution in [3.63, 3.8) is 0 Å². The molecule has 0 aromatic heterocycles. The first-order chi connectivity index (χ1) is 9.95. The number of benzene rings is 1. The third-order valence-electron chi connectivity index (χ3n) is 3.12. The van der Waals surface area contributed by atoms with E-state index in [2.05, 4.69) is 10.6 Å². The summed E-state index contributed by atoms with van der Waals surface area (Å²) in [6.45, 7) is 4.21. The van der Waals surface area contributed by atoms with E-state index in [1.807, 2.05) is 13.8 Å². The van der Waals surface area contributed by atoms with Crippen molar-refractivity contribution in [2.45, 2.75) is 26.4 Å². The molecule has 1 aromatic rings. The van der Waals surface area contributed by atoms with Gasteiger partial charge in [-0.15, -0.1) is 0 Å². The highest BCUT2D eigenvalue weighted by Crippen LogP contribution is 2.28. The lowest BCUT2D eigenvalue weighted by molar-refractivity contribution is -0.118. The summed E-state index contributed by atoms with van der Waals surface area (Å²) < 4.78 is 5.23. The lowest BCUT2D eigenvalue weighted by Crippen LogP contribution is -2.33. The Balaban J connectivity index is 1.97. The quantitative estimate of drug-likeness (QED) is 0.760. The molecule has 114 valence electrons. The summed E-state index contributed by atoms with van der Waals surface area (Å²) in [5, 5.41) is 15.1. The van der Waals surface area contributed by atoms with E-state index in [4.69, 9.17) is 4.74 Å². The zero-order chi connectivity index (χ0) is 15.4. The minimum Gasteiger partial charge on any atom is -0.482 e. The van der Waals surface area contributed by atoms with Crippen molar-refractivity contribution < 1.29 is 19.4 Å². The molecule has 6 heteroatoms. The zero-order valence-electron chi connectivity index (χ0n) is 12.2. The Hall–Kier alpha value is -2.08. The molecule has 0 bridgehead atoms. The summed E-state index contributed by atoms with van der Waals surface area (Å²) in [6, 6.07) is 4.84. The van der Waals surface area contributed by atoms with Gasteiger partial charge in [-0.2, -0.15) is 0 Å². The first kappa shape index (κ1) is 15.3. The number of anilines is 1. The Morgan fingerprint density at radius 2 is 2.24 bits per heavy atom. The SMILES string of the molecule is CC(C)CC(O)CNC(=O)c1ccc2c(c1)NC(=O)CO2. The van der Waals surface area contributed by atoms with Crippen molar-refractivity contribution in [2.75, 3.05) is 18.5 Å². The van der Waals surface area contributed by atoms with Crippen molar-refractivity contribution in [2.24, 2.45) is 5.92 Å². The molecule has 21 heavy (non-hydrogen) atoms. The first-order valence-corrected chi connectivity index (χ1v) is 6.98. The van der Waals surface area contributed by atoms with E-state index in [1.54, 1.807) is 18.2 Å². The minimum atomic E-state index is -0.561. The van der Waals surface area contributed by atoms with Gasteiger partial charge >= 0.3 is 0 Å². The maximum absolute atomic E-state index is 12.0. The predicted molar refractivity (Wildman–Crippen MR) is 78.4 cm³/mol. The number of nitrogens with one attached hydrogen (secondary N) is 2. The number of carbonyl (C=O) groups excluding carboxylic acids is 2. The summed E-state index contributed by atoms with van der Waals surface area (Å²) in [6.07, 6.45) is 0.0728. The molecule has 1 aliphatic heterocycles. The molecule has 3 N–H and O–H groups in total. The molecule has 0 saturated heterocycles. The number of hydrogen-bond acceptors (Lipinski definition) is 4. The van der Waals surface area contributed by atoms with Gasteiger partial charge in [0.1, 0.15) is 5.75 Å². The second-order valence-corrected chi connectivity index (χ2v) is 5.54. The van der Waals surface area contributed by atoms with Crippen LogP contribution in [0.25, 0.3) is 0 Å². The van der Waals surface area contributed by atoms with Gasteiger partial charge in [0.15, 0.2) is 6.61 Å². The maximum Gasteiger partial charge on any atom is 0.262 e. The summed E-state index contributed by atoms with van der Waals surface area (Å²) in [5.74, 6) is 0.381. The van der Waals surface area contributed by atoms with E-state index in [9.17, 15) is 14.7 Å². The van der Waals surface area contributed by atoms with Gasteiger partial charge in [0, 0.05) is 12.1 Å². The highest BCUT2D eigenvalue weighted by Gasteiger charge is 2.18. The fraction of sp³-hybridized carbons (Fsp3) is 0.467. The summed E-state index contributed by atoms with van der Waals surface area (Å²) in [7, 11) is 0. The van der Waals surface area contributed by atoms with Gasteiger partial charge in [-0.3, -0.25) is 9.59 Å². The number of aliphatic hydroxyl groups excluding tert-OH is 1. The van der Waals surface area contributed by atoms with E-state index in [-0.39, 0.29) is 25.0 Å². The van der Waals surface area contributed by atoms with Gasteiger partial charge in [-0.05, 0) is 30.5 Å². The molecule has 2 rings (SSSR count). The second-order valence-electron chi connectivity index (χ2n) is 5.54. The van der Waals surface area contributed by atoms with E-state index in [1.165, 1.54) is 0 Å². The van der Waals surface area contributed by atoms with E-state index in [0.29, 0.717) is 29.3 Å². The molecule has 0 radical (unpaired) electrons. The third kappa shape index (κ3) is 4.19. The Morgan fingerprint density at radius 3 is 2.95 bits per heavy atom. The molecule has 6 nitrogen and oxygen atoms in total. The Labute approximate surface area is 123 Å². The predicted octanol–water partition coefficient (Wildman–Crippen LogP) is 1.15. The van der Waals surface area contributed by atoms with Crippen molar-refractivity contribution in [1.29, 1.82) is 0 Å². The maximum atomic E-state index is 12.0. The van der Waals surface area contributed by atoms with Crippen LogP contribution in [0, 0.1) is 5.92 Å². The van der Waals surface area contributed by atoms with Crippen LogP contribution in [-0.2, 0) is 4.79 Å². The monoisotopic (exact) mass is 292 g/mol. The van der Waals surface area contributed by atoms with Crippen molar-refractivity contribution in [3.05, 3.63) is 23.8 Å². The van der Waals surface area contributed by atoms with Crippen molar-refractivity contribution >= 4 is 17.5 Å². The average molecular weight is 292 g/mol. The van der Waals surface area contributed by atoms with Crippen LogP contribution in [-0.4, -0.2) is 36.2 Å². The Morgan fingerprint density at radius 1 is 1.48 bits per heavy atom. The first-order valence-electron chi connectivity index (χ1n) is 6.98. The van der Waals surface area contributed by atoms with Gasteiger partial charge in [0.2, 0.25) is 0 Å². The molecule has 1 aromatic carbocycles. The lowest BCUT2D eigenvalue weighted by atomic mass is 10.1. The van der Waals surface area contributed by atoms with Gasteiger partial charge in [0.05, 0.1) is 11.8 Å². The van der Waals surface area contributed by atoms with Crippen molar-refractivity contribution in [3.8, 4) is 5.75 Å².